The average Bonchev–Trinajstić information content (AvgIpc) is 2.92. The van der Waals surface area contributed by atoms with Crippen LogP contribution in [0.25, 0.3) is 6.08 Å². The summed E-state index contributed by atoms with van der Waals surface area (Å²) in [7, 11) is 0. The monoisotopic (exact) mass is 445 g/mol. The Balaban J connectivity index is 1.83. The van der Waals surface area contributed by atoms with Gasteiger partial charge in [0.25, 0.3) is 11.1 Å². The summed E-state index contributed by atoms with van der Waals surface area (Å²) in [5, 5.41) is -0.455. The topological polar surface area (TPSA) is 63.7 Å². The van der Waals surface area contributed by atoms with Crippen LogP contribution in [0.15, 0.2) is 57.9 Å². The molecule has 1 fully saturated rings. The van der Waals surface area contributed by atoms with E-state index in [1.165, 1.54) is 0 Å². The molecule has 27 heavy (non-hydrogen) atoms. The van der Waals surface area contributed by atoms with Crippen LogP contribution in [0, 0.1) is 0 Å². The number of carbonyl (C=O) groups is 3. The molecule has 1 saturated heterocycles. The van der Waals surface area contributed by atoms with Crippen molar-refractivity contribution in [2.24, 2.45) is 0 Å². The number of ketones is 1. The fourth-order valence-corrected chi connectivity index (χ4v) is 3.76. The fourth-order valence-electron chi connectivity index (χ4n) is 2.56. The molecule has 0 spiro atoms. The highest BCUT2D eigenvalue weighted by atomic mass is 79.9. The molecule has 0 atom stereocenters. The van der Waals surface area contributed by atoms with Crippen molar-refractivity contribution in [2.75, 3.05) is 13.2 Å². The molecular weight excluding hydrogens is 430 g/mol. The molecule has 0 bridgehead atoms. The molecule has 0 aliphatic carbocycles. The van der Waals surface area contributed by atoms with Crippen LogP contribution in [0.5, 0.6) is 5.75 Å². The predicted octanol–water partition coefficient (Wildman–Crippen LogP) is 4.77. The number of benzene rings is 2. The Bertz CT molecular complexity index is 927. The molecule has 0 saturated carbocycles. The number of thioether (sulfide) groups is 1. The molecule has 2 aromatic carbocycles. The zero-order valence-corrected chi connectivity index (χ0v) is 16.9. The first-order valence-electron chi connectivity index (χ1n) is 8.25. The predicted molar refractivity (Wildman–Crippen MR) is 109 cm³/mol. The highest BCUT2D eigenvalue weighted by molar-refractivity contribution is 9.10. The summed E-state index contributed by atoms with van der Waals surface area (Å²) in [4.78, 5) is 38.5. The Labute approximate surface area is 169 Å². The second kappa shape index (κ2) is 8.54. The Morgan fingerprint density at radius 3 is 2.63 bits per heavy atom. The maximum absolute atomic E-state index is 12.7. The van der Waals surface area contributed by atoms with Gasteiger partial charge in [-0.05, 0) is 43.0 Å². The number of carbonyl (C=O) groups excluding carboxylic acids is 3. The number of imide groups is 1. The van der Waals surface area contributed by atoms with Crippen molar-refractivity contribution < 1.29 is 19.1 Å². The number of halogens is 1. The largest absolute Gasteiger partial charge is 0.493 e. The van der Waals surface area contributed by atoms with Crippen LogP contribution in [0.4, 0.5) is 4.79 Å². The minimum atomic E-state index is -0.475. The molecule has 0 aromatic heterocycles. The standard InChI is InChI=1S/C20H16BrNO4S/c1-2-26-17-9-8-15(21)10-14(17)11-18-19(24)22(20(25)27-18)12-16(23)13-6-4-3-5-7-13/h3-11H,2,12H2,1H3/b18-11+. The highest BCUT2D eigenvalue weighted by Crippen LogP contribution is 2.35. The SMILES string of the molecule is CCOc1ccc(Br)cc1/C=C1/SC(=O)N(CC(=O)c2ccccc2)C1=O. The van der Waals surface area contributed by atoms with Gasteiger partial charge in [-0.15, -0.1) is 0 Å². The number of ether oxygens (including phenoxy) is 1. The van der Waals surface area contributed by atoms with Gasteiger partial charge in [-0.1, -0.05) is 46.3 Å². The van der Waals surface area contributed by atoms with Gasteiger partial charge >= 0.3 is 0 Å². The van der Waals surface area contributed by atoms with Crippen LogP contribution >= 0.6 is 27.7 Å². The summed E-state index contributed by atoms with van der Waals surface area (Å²) >= 11 is 4.22. The van der Waals surface area contributed by atoms with Crippen molar-refractivity contribution >= 4 is 50.7 Å². The first-order valence-corrected chi connectivity index (χ1v) is 9.86. The van der Waals surface area contributed by atoms with E-state index in [0.717, 1.165) is 21.1 Å². The first kappa shape index (κ1) is 19.4. The summed E-state index contributed by atoms with van der Waals surface area (Å²) in [5.41, 5.74) is 1.15. The molecule has 3 rings (SSSR count). The lowest BCUT2D eigenvalue weighted by atomic mass is 10.1. The molecule has 2 aromatic rings. The van der Waals surface area contributed by atoms with Gasteiger partial charge in [0.15, 0.2) is 5.78 Å². The second-order valence-corrected chi connectivity index (χ2v) is 7.58. The number of hydrogen-bond donors (Lipinski definition) is 0. The normalized spacial score (nSPS) is 15.5. The van der Waals surface area contributed by atoms with Crippen molar-refractivity contribution in [3.05, 3.63) is 69.0 Å². The lowest BCUT2D eigenvalue weighted by Gasteiger charge is -2.11. The van der Waals surface area contributed by atoms with Gasteiger partial charge < -0.3 is 4.74 Å². The zero-order chi connectivity index (χ0) is 19.4. The first-order chi connectivity index (χ1) is 13.0. The van der Waals surface area contributed by atoms with Gasteiger partial charge in [0.2, 0.25) is 0 Å². The zero-order valence-electron chi connectivity index (χ0n) is 14.5. The van der Waals surface area contributed by atoms with Gasteiger partial charge in [0, 0.05) is 15.6 Å². The lowest BCUT2D eigenvalue weighted by Crippen LogP contribution is -2.33. The van der Waals surface area contributed by atoms with E-state index in [1.807, 2.05) is 19.1 Å². The summed E-state index contributed by atoms with van der Waals surface area (Å²) in [5.74, 6) is -0.138. The van der Waals surface area contributed by atoms with E-state index in [1.54, 1.807) is 42.5 Å². The van der Waals surface area contributed by atoms with Crippen LogP contribution in [0.3, 0.4) is 0 Å². The summed E-state index contributed by atoms with van der Waals surface area (Å²) in [6.07, 6.45) is 1.62. The second-order valence-electron chi connectivity index (χ2n) is 5.67. The van der Waals surface area contributed by atoms with Crippen molar-refractivity contribution in [1.29, 1.82) is 0 Å². The van der Waals surface area contributed by atoms with Crippen LogP contribution in [-0.2, 0) is 4.79 Å². The van der Waals surface area contributed by atoms with Gasteiger partial charge in [-0.2, -0.15) is 0 Å². The third-order valence-corrected chi connectivity index (χ3v) is 5.23. The van der Waals surface area contributed by atoms with Crippen molar-refractivity contribution in [3.8, 4) is 5.75 Å². The van der Waals surface area contributed by atoms with Gasteiger partial charge in [-0.25, -0.2) is 0 Å². The number of nitrogens with zero attached hydrogens (tertiary/aromatic N) is 1. The minimum absolute atomic E-state index is 0.264. The van der Waals surface area contributed by atoms with Crippen molar-refractivity contribution in [1.82, 2.24) is 4.90 Å². The lowest BCUT2D eigenvalue weighted by molar-refractivity contribution is -0.122. The smallest absolute Gasteiger partial charge is 0.293 e. The Kier molecular flexibility index (Phi) is 6.13. The molecule has 7 heteroatoms. The quantitative estimate of drug-likeness (QED) is 0.473. The van der Waals surface area contributed by atoms with E-state index >= 15 is 0 Å². The number of amides is 2. The number of hydrogen-bond acceptors (Lipinski definition) is 5. The van der Waals surface area contributed by atoms with Crippen LogP contribution in [-0.4, -0.2) is 35.0 Å². The maximum atomic E-state index is 12.7. The molecule has 2 amide bonds. The van der Waals surface area contributed by atoms with Crippen LogP contribution < -0.4 is 4.74 Å². The van der Waals surface area contributed by atoms with E-state index in [0.29, 0.717) is 23.5 Å². The van der Waals surface area contributed by atoms with Crippen LogP contribution in [0.2, 0.25) is 0 Å². The van der Waals surface area contributed by atoms with E-state index in [2.05, 4.69) is 15.9 Å². The Hall–Kier alpha value is -2.38. The van der Waals surface area contributed by atoms with E-state index in [9.17, 15) is 14.4 Å². The van der Waals surface area contributed by atoms with Crippen LogP contribution in [0.1, 0.15) is 22.8 Å². The molecule has 1 aliphatic rings. The number of rotatable bonds is 6. The summed E-state index contributed by atoms with van der Waals surface area (Å²) in [6, 6.07) is 14.0. The van der Waals surface area contributed by atoms with Gasteiger partial charge in [-0.3, -0.25) is 19.3 Å². The van der Waals surface area contributed by atoms with Crippen molar-refractivity contribution in [3.63, 3.8) is 0 Å². The van der Waals surface area contributed by atoms with Gasteiger partial charge in [0.1, 0.15) is 5.75 Å². The van der Waals surface area contributed by atoms with E-state index < -0.39 is 11.1 Å². The molecule has 0 radical (unpaired) electrons. The molecule has 0 unspecified atom stereocenters. The Morgan fingerprint density at radius 2 is 1.93 bits per heavy atom. The number of Topliss-reactive ketones (excluding diaryl/α,β-unsaturated/α-hetero) is 1. The minimum Gasteiger partial charge on any atom is -0.493 e. The third kappa shape index (κ3) is 4.48. The molecule has 5 nitrogen and oxygen atoms in total. The molecule has 1 aliphatic heterocycles. The molecule has 1 heterocycles. The maximum Gasteiger partial charge on any atom is 0.293 e. The Morgan fingerprint density at radius 1 is 1.19 bits per heavy atom. The molecule has 138 valence electrons. The fraction of sp³-hybridized carbons (Fsp3) is 0.150. The average molecular weight is 446 g/mol. The van der Waals surface area contributed by atoms with Crippen molar-refractivity contribution in [2.45, 2.75) is 6.92 Å². The van der Waals surface area contributed by atoms with E-state index in [-0.39, 0.29) is 17.2 Å². The van der Waals surface area contributed by atoms with Gasteiger partial charge in [0.05, 0.1) is 18.1 Å². The summed E-state index contributed by atoms with van der Waals surface area (Å²) in [6.45, 7) is 2.08. The highest BCUT2D eigenvalue weighted by Gasteiger charge is 2.36. The summed E-state index contributed by atoms with van der Waals surface area (Å²) < 4.78 is 6.40. The molecular formula is C20H16BrNO4S. The van der Waals surface area contributed by atoms with E-state index in [4.69, 9.17) is 4.74 Å². The third-order valence-electron chi connectivity index (χ3n) is 3.83. The molecule has 0 N–H and O–H groups in total.